The number of rotatable bonds is 8. The summed E-state index contributed by atoms with van der Waals surface area (Å²) < 4.78 is 0. The minimum absolute atomic E-state index is 0.440. The number of benzene rings is 7. The van der Waals surface area contributed by atoms with Crippen molar-refractivity contribution in [2.24, 2.45) is 11.8 Å². The predicted molar refractivity (Wildman–Crippen MR) is 307 cm³/mol. The van der Waals surface area contributed by atoms with E-state index in [9.17, 15) is 0 Å². The molecule has 9 rings (SSSR count). The molecule has 7 aromatic rings. The zero-order valence-corrected chi connectivity index (χ0v) is 45.0. The van der Waals surface area contributed by atoms with Crippen LogP contribution in [-0.4, -0.2) is 0 Å². The molecule has 7 aromatic carbocycles. The normalized spacial score (nSPS) is 15.2. The molecule has 0 heterocycles. The minimum Gasteiger partial charge on any atom is -0.313 e. The smallest absolute Gasteiger partial charge is 0.0488 e. The topological polar surface area (TPSA) is 6.48 Å². The van der Waals surface area contributed by atoms with Crippen molar-refractivity contribution in [3.63, 3.8) is 0 Å². The predicted octanol–water partition coefficient (Wildman–Crippen LogP) is 20.5. The van der Waals surface area contributed by atoms with E-state index in [1.54, 1.807) is 0 Å². The summed E-state index contributed by atoms with van der Waals surface area (Å²) >= 11 is 18.0. The molecule has 0 saturated carbocycles. The number of anilines is 4. The lowest BCUT2D eigenvalue weighted by Gasteiger charge is -2.35. The third-order valence-electron chi connectivity index (χ3n) is 13.2. The highest BCUT2D eigenvalue weighted by Crippen LogP contribution is 2.43. The van der Waals surface area contributed by atoms with E-state index in [4.69, 9.17) is 34.8 Å². The molecule has 358 valence electrons. The van der Waals surface area contributed by atoms with Crippen molar-refractivity contribution in [3.8, 4) is 22.3 Å². The molecule has 2 atom stereocenters. The SMILES string of the molecule is CC1=CC=C(N(c2ccc(-c3cccc(C)c3)cc2C)c2ccc(-c3cccc(C)c3)cc2C)C(C)C1.CC1=CC=C(N(c2ccc(Cl)cc2C)c2ccc(Cl)cc2C)C(C)C1.Cc1cccc(Cl)c1. The Morgan fingerprint density at radius 3 is 0.986 bits per heavy atom. The van der Waals surface area contributed by atoms with Gasteiger partial charge in [0, 0.05) is 61.0 Å². The van der Waals surface area contributed by atoms with Crippen LogP contribution in [0.25, 0.3) is 22.3 Å². The molecule has 0 amide bonds. The van der Waals surface area contributed by atoms with Gasteiger partial charge < -0.3 is 9.80 Å². The van der Waals surface area contributed by atoms with Crippen molar-refractivity contribution < 1.29 is 0 Å². The molecule has 0 radical (unpaired) electrons. The van der Waals surface area contributed by atoms with Gasteiger partial charge in [-0.2, -0.15) is 0 Å². The average Bonchev–Trinajstić information content (AvgIpc) is 3.30. The van der Waals surface area contributed by atoms with Crippen LogP contribution in [-0.2, 0) is 0 Å². The Kier molecular flexibility index (Phi) is 17.2. The lowest BCUT2D eigenvalue weighted by molar-refractivity contribution is 0.647. The Bertz CT molecular complexity index is 2970. The van der Waals surface area contributed by atoms with E-state index in [-0.39, 0.29) is 0 Å². The molecule has 2 aliphatic carbocycles. The van der Waals surface area contributed by atoms with Crippen LogP contribution in [0.15, 0.2) is 192 Å². The first kappa shape index (κ1) is 51.8. The largest absolute Gasteiger partial charge is 0.313 e. The van der Waals surface area contributed by atoms with Crippen LogP contribution in [0.4, 0.5) is 22.7 Å². The third kappa shape index (κ3) is 12.8. The summed E-state index contributed by atoms with van der Waals surface area (Å²) in [5.41, 5.74) is 24.0. The van der Waals surface area contributed by atoms with E-state index in [2.05, 4.69) is 200 Å². The van der Waals surface area contributed by atoms with Crippen LogP contribution in [0.1, 0.15) is 79.5 Å². The van der Waals surface area contributed by atoms with Gasteiger partial charge in [-0.15, -0.1) is 0 Å². The monoisotopic (exact) mass is 980 g/mol. The van der Waals surface area contributed by atoms with Gasteiger partial charge in [-0.3, -0.25) is 0 Å². The number of halogens is 3. The van der Waals surface area contributed by atoms with Gasteiger partial charge in [0.2, 0.25) is 0 Å². The molecule has 0 bridgehead atoms. The molecule has 2 nitrogen and oxygen atoms in total. The van der Waals surface area contributed by atoms with E-state index >= 15 is 0 Å². The highest BCUT2D eigenvalue weighted by atomic mass is 35.5. The third-order valence-corrected chi connectivity index (χ3v) is 13.9. The fourth-order valence-electron chi connectivity index (χ4n) is 9.67. The van der Waals surface area contributed by atoms with Crippen LogP contribution in [0.2, 0.25) is 15.1 Å². The van der Waals surface area contributed by atoms with Crippen molar-refractivity contribution in [1.29, 1.82) is 0 Å². The fourth-order valence-corrected chi connectivity index (χ4v) is 10.4. The first-order valence-electron chi connectivity index (χ1n) is 24.4. The second-order valence-corrected chi connectivity index (χ2v) is 20.8. The zero-order valence-electron chi connectivity index (χ0n) is 42.8. The standard InChI is InChI=1S/C36H37N.C22H23Cl2N.C7H7Cl/c1-24-9-7-11-30(20-24)32-14-17-35(28(5)22-32)37(34-16-13-26(3)19-27(34)4)36-18-15-33(23-29(36)6)31-12-8-10-25(2)21-31;1-14-5-8-20(15(2)11-14)25(21-9-6-18(23)12-16(21)3)22-10-7-19(24)13-17(22)4;1-6-3-2-4-7(8)5-6/h7-18,20-23,27H,19H2,1-6H3;5-10,12-13,15H,11H2,1-4H3;2-5H,1H3. The van der Waals surface area contributed by atoms with Gasteiger partial charge in [0.05, 0.1) is 0 Å². The number of aryl methyl sites for hydroxylation is 7. The highest BCUT2D eigenvalue weighted by molar-refractivity contribution is 6.31. The Hall–Kier alpha value is -6.03. The second kappa shape index (κ2) is 23.3. The number of nitrogens with zero attached hydrogens (tertiary/aromatic N) is 2. The van der Waals surface area contributed by atoms with Crippen molar-refractivity contribution in [1.82, 2.24) is 0 Å². The van der Waals surface area contributed by atoms with E-state index < -0.39 is 0 Å². The summed E-state index contributed by atoms with van der Waals surface area (Å²) in [7, 11) is 0. The van der Waals surface area contributed by atoms with Gasteiger partial charge in [0.15, 0.2) is 0 Å². The number of allylic oxidation sites excluding steroid dienone is 8. The van der Waals surface area contributed by atoms with Gasteiger partial charge in [-0.05, 0) is 210 Å². The first-order valence-corrected chi connectivity index (χ1v) is 25.5. The Morgan fingerprint density at radius 2 is 0.671 bits per heavy atom. The lowest BCUT2D eigenvalue weighted by Crippen LogP contribution is -2.24. The van der Waals surface area contributed by atoms with Gasteiger partial charge in [-0.1, -0.05) is 156 Å². The summed E-state index contributed by atoms with van der Waals surface area (Å²) in [6, 6.07) is 51.3. The molecular formula is C65H67Cl3N2. The molecule has 0 fully saturated rings. The lowest BCUT2D eigenvalue weighted by atomic mass is 9.91. The summed E-state index contributed by atoms with van der Waals surface area (Å²) in [6.07, 6.45) is 11.2. The minimum atomic E-state index is 0.440. The van der Waals surface area contributed by atoms with E-state index in [0.717, 1.165) is 50.4 Å². The summed E-state index contributed by atoms with van der Waals surface area (Å²) in [5.74, 6) is 0.881. The van der Waals surface area contributed by atoms with Crippen LogP contribution in [0.5, 0.6) is 0 Å². The summed E-state index contributed by atoms with van der Waals surface area (Å²) in [6.45, 7) is 24.1. The van der Waals surface area contributed by atoms with Crippen molar-refractivity contribution >= 4 is 57.6 Å². The molecule has 5 heteroatoms. The van der Waals surface area contributed by atoms with Crippen molar-refractivity contribution in [2.75, 3.05) is 9.80 Å². The Balaban J connectivity index is 0.000000187. The highest BCUT2D eigenvalue weighted by Gasteiger charge is 2.26. The molecule has 0 spiro atoms. The average molecular weight is 983 g/mol. The second-order valence-electron chi connectivity index (χ2n) is 19.5. The molecule has 0 aliphatic heterocycles. The van der Waals surface area contributed by atoms with Crippen LogP contribution in [0.3, 0.4) is 0 Å². The van der Waals surface area contributed by atoms with Gasteiger partial charge in [0.25, 0.3) is 0 Å². The van der Waals surface area contributed by atoms with Gasteiger partial charge in [0.1, 0.15) is 0 Å². The number of hydrogen-bond donors (Lipinski definition) is 0. The van der Waals surface area contributed by atoms with Gasteiger partial charge in [-0.25, -0.2) is 0 Å². The Labute approximate surface area is 434 Å². The molecule has 2 aliphatic rings. The number of hydrogen-bond acceptors (Lipinski definition) is 2. The molecule has 0 saturated heterocycles. The van der Waals surface area contributed by atoms with E-state index in [1.807, 2.05) is 55.5 Å². The van der Waals surface area contributed by atoms with E-state index in [1.165, 1.54) is 84.0 Å². The van der Waals surface area contributed by atoms with Crippen LogP contribution < -0.4 is 9.80 Å². The van der Waals surface area contributed by atoms with Crippen LogP contribution in [0, 0.1) is 60.3 Å². The van der Waals surface area contributed by atoms with E-state index in [0.29, 0.717) is 11.8 Å². The molecule has 70 heavy (non-hydrogen) atoms. The molecule has 0 aromatic heterocycles. The maximum absolute atomic E-state index is 6.19. The zero-order chi connectivity index (χ0) is 50.2. The Morgan fingerprint density at radius 1 is 0.343 bits per heavy atom. The van der Waals surface area contributed by atoms with Gasteiger partial charge >= 0.3 is 0 Å². The van der Waals surface area contributed by atoms with Crippen molar-refractivity contribution in [3.05, 3.63) is 246 Å². The molecule has 2 unspecified atom stereocenters. The molecular weight excluding hydrogens is 915 g/mol. The first-order chi connectivity index (χ1) is 33.4. The van der Waals surface area contributed by atoms with Crippen molar-refractivity contribution in [2.45, 2.75) is 89.0 Å². The maximum atomic E-state index is 6.19. The maximum Gasteiger partial charge on any atom is 0.0488 e. The quantitative estimate of drug-likeness (QED) is 0.150. The molecule has 0 N–H and O–H groups in total. The summed E-state index contributed by atoms with van der Waals surface area (Å²) in [5, 5.41) is 2.33. The fraction of sp³-hybridized carbons (Fsp3) is 0.231. The van der Waals surface area contributed by atoms with Crippen LogP contribution >= 0.6 is 34.8 Å². The summed E-state index contributed by atoms with van der Waals surface area (Å²) in [4.78, 5) is 4.85.